The number of hydrogen-bond acceptors (Lipinski definition) is 4. The van der Waals surface area contributed by atoms with E-state index in [4.69, 9.17) is 0 Å². The molecule has 154 valence electrons. The van der Waals surface area contributed by atoms with Crippen LogP contribution in [0.2, 0.25) is 0 Å². The normalized spacial score (nSPS) is 22.0. The van der Waals surface area contributed by atoms with Gasteiger partial charge in [-0.1, -0.05) is 0 Å². The zero-order chi connectivity index (χ0) is 19.1. The zero-order valence-electron chi connectivity index (χ0n) is 15.8. The van der Waals surface area contributed by atoms with Crippen molar-refractivity contribution in [3.05, 3.63) is 17.5 Å². The molecule has 0 aliphatic carbocycles. The number of halogens is 4. The van der Waals surface area contributed by atoms with Crippen LogP contribution in [-0.4, -0.2) is 70.8 Å². The van der Waals surface area contributed by atoms with Crippen LogP contribution in [0.1, 0.15) is 43.2 Å². The van der Waals surface area contributed by atoms with Crippen molar-refractivity contribution < 1.29 is 18.0 Å². The summed E-state index contributed by atoms with van der Waals surface area (Å²) < 4.78 is 41.8. The van der Waals surface area contributed by atoms with Crippen molar-refractivity contribution in [3.63, 3.8) is 0 Å². The van der Waals surface area contributed by atoms with Gasteiger partial charge in [-0.2, -0.15) is 18.3 Å². The second kappa shape index (κ2) is 7.97. The summed E-state index contributed by atoms with van der Waals surface area (Å²) in [5.41, 5.74) is -2.17. The van der Waals surface area contributed by atoms with Gasteiger partial charge in [-0.3, -0.25) is 14.4 Å². The molecule has 0 spiro atoms. The lowest BCUT2D eigenvalue weighted by Crippen LogP contribution is -2.49. The smallest absolute Gasteiger partial charge is 0.337 e. The van der Waals surface area contributed by atoms with Crippen molar-refractivity contribution in [3.8, 4) is 0 Å². The predicted octanol–water partition coefficient (Wildman–Crippen LogP) is 2.20. The summed E-state index contributed by atoms with van der Waals surface area (Å²) >= 11 is 0. The van der Waals surface area contributed by atoms with Crippen LogP contribution in [0.15, 0.2) is 6.20 Å². The fourth-order valence-corrected chi connectivity index (χ4v) is 3.73. The van der Waals surface area contributed by atoms with Crippen molar-refractivity contribution in [2.24, 2.45) is 0 Å². The Morgan fingerprint density at radius 1 is 1.19 bits per heavy atom. The molecule has 3 rings (SSSR count). The Morgan fingerprint density at radius 3 is 2.37 bits per heavy atom. The molecule has 2 fully saturated rings. The van der Waals surface area contributed by atoms with Gasteiger partial charge < -0.3 is 10.2 Å². The van der Waals surface area contributed by atoms with E-state index in [9.17, 15) is 18.0 Å². The van der Waals surface area contributed by atoms with Gasteiger partial charge in [0.1, 0.15) is 0 Å². The van der Waals surface area contributed by atoms with Gasteiger partial charge in [0.15, 0.2) is 5.69 Å². The lowest BCUT2D eigenvalue weighted by Gasteiger charge is -2.32. The maximum Gasteiger partial charge on any atom is 0.433 e. The van der Waals surface area contributed by atoms with Gasteiger partial charge in [0.05, 0.1) is 17.3 Å². The van der Waals surface area contributed by atoms with Gasteiger partial charge in [-0.05, 0) is 27.2 Å². The third-order valence-corrected chi connectivity index (χ3v) is 5.02. The molecule has 2 aliphatic rings. The first kappa shape index (κ1) is 22.0. The molecule has 0 bridgehead atoms. The molecule has 3 heterocycles. The summed E-state index contributed by atoms with van der Waals surface area (Å²) in [6.45, 7) is 9.48. The van der Waals surface area contributed by atoms with E-state index < -0.39 is 23.3 Å². The molecule has 0 saturated carbocycles. The molecule has 1 N–H and O–H groups in total. The van der Waals surface area contributed by atoms with Gasteiger partial charge >= 0.3 is 6.18 Å². The SMILES string of the molecule is CC(C)(C)n1ncc(C(=O)N2CCC(N3CCNCC3)C2)c1C(F)(F)F.Cl. The quantitative estimate of drug-likeness (QED) is 0.813. The summed E-state index contributed by atoms with van der Waals surface area (Å²) in [5.74, 6) is -0.578. The summed E-state index contributed by atoms with van der Waals surface area (Å²) in [7, 11) is 0. The highest BCUT2D eigenvalue weighted by molar-refractivity contribution is 5.95. The molecule has 0 radical (unpaired) electrons. The first-order valence-corrected chi connectivity index (χ1v) is 8.99. The van der Waals surface area contributed by atoms with Gasteiger partial charge in [0.2, 0.25) is 0 Å². The number of piperazine rings is 1. The summed E-state index contributed by atoms with van der Waals surface area (Å²) in [5, 5.41) is 7.17. The molecule has 2 saturated heterocycles. The number of hydrogen-bond donors (Lipinski definition) is 1. The molecule has 1 aromatic rings. The fraction of sp³-hybridized carbons (Fsp3) is 0.765. The van der Waals surface area contributed by atoms with Crippen LogP contribution in [0.5, 0.6) is 0 Å². The van der Waals surface area contributed by atoms with E-state index in [1.165, 1.54) is 4.90 Å². The molecule has 0 aromatic carbocycles. The Hall–Kier alpha value is -1.32. The minimum absolute atomic E-state index is 0. The van der Waals surface area contributed by atoms with E-state index >= 15 is 0 Å². The third kappa shape index (κ3) is 4.57. The number of nitrogens with one attached hydrogen (secondary N) is 1. The molecule has 10 heteroatoms. The van der Waals surface area contributed by atoms with Crippen LogP contribution in [0.3, 0.4) is 0 Å². The van der Waals surface area contributed by atoms with Crippen molar-refractivity contribution in [1.82, 2.24) is 24.9 Å². The monoisotopic (exact) mass is 409 g/mol. The molecular weight excluding hydrogens is 383 g/mol. The number of nitrogens with zero attached hydrogens (tertiary/aromatic N) is 4. The standard InChI is InChI=1S/C17H26F3N5O.ClH/c1-16(2,3)25-14(17(18,19)20)13(10-22-25)15(26)24-7-4-12(11-24)23-8-5-21-6-9-23;/h10,12,21H,4-9,11H2,1-3H3;1H. The van der Waals surface area contributed by atoms with Gasteiger partial charge in [-0.15, -0.1) is 12.4 Å². The Balaban J connectivity index is 0.00000261. The maximum absolute atomic E-state index is 13.6. The second-order valence-corrected chi connectivity index (χ2v) is 7.97. The van der Waals surface area contributed by atoms with E-state index in [0.717, 1.165) is 43.5 Å². The predicted molar refractivity (Wildman–Crippen MR) is 98.2 cm³/mol. The number of alkyl halides is 3. The lowest BCUT2D eigenvalue weighted by atomic mass is 10.1. The maximum atomic E-state index is 13.6. The Bertz CT molecular complexity index is 665. The van der Waals surface area contributed by atoms with Crippen molar-refractivity contribution >= 4 is 18.3 Å². The minimum Gasteiger partial charge on any atom is -0.337 e. The number of carbonyl (C=O) groups excluding carboxylic acids is 1. The highest BCUT2D eigenvalue weighted by atomic mass is 35.5. The summed E-state index contributed by atoms with van der Waals surface area (Å²) in [6, 6.07) is 0.216. The molecule has 27 heavy (non-hydrogen) atoms. The second-order valence-electron chi connectivity index (χ2n) is 7.97. The van der Waals surface area contributed by atoms with Crippen molar-refractivity contribution in [2.45, 2.75) is 44.9 Å². The largest absolute Gasteiger partial charge is 0.433 e. The highest BCUT2D eigenvalue weighted by Crippen LogP contribution is 2.35. The van der Waals surface area contributed by atoms with E-state index in [-0.39, 0.29) is 24.0 Å². The molecule has 2 aliphatic heterocycles. The first-order chi connectivity index (χ1) is 12.1. The molecule has 1 atom stereocenters. The average Bonchev–Trinajstić information content (AvgIpc) is 3.21. The van der Waals surface area contributed by atoms with E-state index in [2.05, 4.69) is 15.3 Å². The first-order valence-electron chi connectivity index (χ1n) is 8.99. The van der Waals surface area contributed by atoms with Crippen LogP contribution in [-0.2, 0) is 11.7 Å². The molecule has 1 amide bonds. The van der Waals surface area contributed by atoms with E-state index in [1.54, 1.807) is 20.8 Å². The molecular formula is C17H27ClF3N5O. The number of amides is 1. The van der Waals surface area contributed by atoms with Crippen LogP contribution in [0.25, 0.3) is 0 Å². The average molecular weight is 410 g/mol. The van der Waals surface area contributed by atoms with Crippen LogP contribution >= 0.6 is 12.4 Å². The molecule has 1 unspecified atom stereocenters. The number of rotatable bonds is 2. The van der Waals surface area contributed by atoms with Gasteiger partial charge in [-0.25, -0.2) is 0 Å². The van der Waals surface area contributed by atoms with Crippen molar-refractivity contribution in [2.75, 3.05) is 39.3 Å². The molecule has 6 nitrogen and oxygen atoms in total. The zero-order valence-corrected chi connectivity index (χ0v) is 16.7. The third-order valence-electron chi connectivity index (χ3n) is 5.02. The van der Waals surface area contributed by atoms with Crippen LogP contribution < -0.4 is 5.32 Å². The Morgan fingerprint density at radius 2 is 1.81 bits per heavy atom. The lowest BCUT2D eigenvalue weighted by molar-refractivity contribution is -0.146. The van der Waals surface area contributed by atoms with Crippen LogP contribution in [0, 0.1) is 0 Å². The Labute approximate surface area is 163 Å². The number of aromatic nitrogens is 2. The Kier molecular flexibility index (Phi) is 6.48. The highest BCUT2D eigenvalue weighted by Gasteiger charge is 2.44. The number of likely N-dealkylation sites (tertiary alicyclic amines) is 1. The minimum atomic E-state index is -4.63. The van der Waals surface area contributed by atoms with Gasteiger partial charge in [0.25, 0.3) is 5.91 Å². The van der Waals surface area contributed by atoms with Crippen molar-refractivity contribution in [1.29, 1.82) is 0 Å². The summed E-state index contributed by atoms with van der Waals surface area (Å²) in [6.07, 6.45) is -2.78. The topological polar surface area (TPSA) is 53.4 Å². The van der Waals surface area contributed by atoms with E-state index in [0.29, 0.717) is 13.1 Å². The van der Waals surface area contributed by atoms with Gasteiger partial charge in [0, 0.05) is 45.3 Å². The van der Waals surface area contributed by atoms with Crippen LogP contribution in [0.4, 0.5) is 13.2 Å². The fourth-order valence-electron chi connectivity index (χ4n) is 3.73. The molecule has 1 aromatic heterocycles. The number of carbonyl (C=O) groups is 1. The summed E-state index contributed by atoms with van der Waals surface area (Å²) in [4.78, 5) is 16.7. The van der Waals surface area contributed by atoms with E-state index in [1.807, 2.05) is 0 Å².